The number of para-hydroxylation sites is 2. The van der Waals surface area contributed by atoms with Crippen molar-refractivity contribution >= 4 is 17.3 Å². The molecule has 0 spiro atoms. The van der Waals surface area contributed by atoms with Crippen LogP contribution < -0.4 is 15.5 Å². The fourth-order valence-corrected chi connectivity index (χ4v) is 3.28. The molecule has 1 atom stereocenters. The number of halogens is 2. The lowest BCUT2D eigenvalue weighted by molar-refractivity contribution is -0.385. The van der Waals surface area contributed by atoms with Gasteiger partial charge >= 0.3 is 0 Å². The van der Waals surface area contributed by atoms with Crippen LogP contribution in [0, 0.1) is 21.7 Å². The summed E-state index contributed by atoms with van der Waals surface area (Å²) in [6.07, 6.45) is 0.681. The topological polar surface area (TPSA) is 82.8 Å². The van der Waals surface area contributed by atoms with Crippen molar-refractivity contribution in [3.8, 4) is 0 Å². The third-order valence-corrected chi connectivity index (χ3v) is 4.64. The predicted octanol–water partition coefficient (Wildman–Crippen LogP) is 2.82. The number of nitro groups is 1. The number of nitrogens with zero attached hydrogens (tertiary/aromatic N) is 3. The molecule has 2 aromatic carbocycles. The number of anilines is 1. The molecule has 1 unspecified atom stereocenters. The summed E-state index contributed by atoms with van der Waals surface area (Å²) in [5.74, 6) is -0.696. The Kier molecular flexibility index (Phi) is 6.03. The Labute approximate surface area is 161 Å². The van der Waals surface area contributed by atoms with Crippen molar-refractivity contribution in [3.63, 3.8) is 0 Å². The van der Waals surface area contributed by atoms with Gasteiger partial charge in [0, 0.05) is 44.4 Å². The molecule has 1 heterocycles. The third-order valence-electron chi connectivity index (χ3n) is 4.64. The maximum Gasteiger partial charge on any atom is 0.274 e. The second-order valence-electron chi connectivity index (χ2n) is 6.46. The normalized spacial score (nSPS) is 16.9. The molecule has 1 aliphatic heterocycles. The Morgan fingerprint density at radius 1 is 1.25 bits per heavy atom. The van der Waals surface area contributed by atoms with Gasteiger partial charge in [0.15, 0.2) is 5.96 Å². The van der Waals surface area contributed by atoms with Gasteiger partial charge in [-0.25, -0.2) is 8.78 Å². The third kappa shape index (κ3) is 4.36. The van der Waals surface area contributed by atoms with Gasteiger partial charge in [-0.15, -0.1) is 0 Å². The smallest absolute Gasteiger partial charge is 0.274 e. The highest BCUT2D eigenvalue weighted by molar-refractivity contribution is 5.80. The lowest BCUT2D eigenvalue weighted by Gasteiger charge is -2.21. The van der Waals surface area contributed by atoms with Crippen LogP contribution in [0.15, 0.2) is 47.5 Å². The first-order chi connectivity index (χ1) is 13.5. The van der Waals surface area contributed by atoms with Gasteiger partial charge < -0.3 is 15.5 Å². The molecule has 0 bridgehead atoms. The van der Waals surface area contributed by atoms with E-state index in [1.165, 1.54) is 24.3 Å². The van der Waals surface area contributed by atoms with Crippen molar-refractivity contribution in [1.82, 2.24) is 10.6 Å². The molecule has 2 aromatic rings. The Hall–Kier alpha value is -3.23. The summed E-state index contributed by atoms with van der Waals surface area (Å²) in [6, 6.07) is 10.2. The predicted molar refractivity (Wildman–Crippen MR) is 103 cm³/mol. The highest BCUT2D eigenvalue weighted by Crippen LogP contribution is 2.26. The largest absolute Gasteiger partial charge is 0.365 e. The van der Waals surface area contributed by atoms with Crippen LogP contribution in [0.1, 0.15) is 12.0 Å². The number of aliphatic imine (C=N–C) groups is 1. The average molecular weight is 389 g/mol. The number of nitro benzene ring substituents is 1. The molecule has 28 heavy (non-hydrogen) atoms. The Bertz CT molecular complexity index is 870. The van der Waals surface area contributed by atoms with Gasteiger partial charge in [-0.1, -0.05) is 24.3 Å². The van der Waals surface area contributed by atoms with Crippen molar-refractivity contribution in [2.24, 2.45) is 4.99 Å². The molecule has 3 rings (SSSR count). The zero-order valence-corrected chi connectivity index (χ0v) is 15.4. The SMILES string of the molecule is CN=C(NCc1ccccc1[N+](=O)[O-])NC1CCN(c2c(F)cccc2F)C1. The van der Waals surface area contributed by atoms with E-state index >= 15 is 0 Å². The number of nitrogens with one attached hydrogen (secondary N) is 2. The standard InChI is InChI=1S/C19H21F2N5O2/c1-22-19(23-11-13-5-2-3-8-17(13)26(27)28)24-14-9-10-25(12-14)18-15(20)6-4-7-16(18)21/h2-8,14H,9-12H2,1H3,(H2,22,23,24). The second kappa shape index (κ2) is 8.64. The summed E-state index contributed by atoms with van der Waals surface area (Å²) in [6.45, 7) is 1.16. The number of benzene rings is 2. The molecule has 9 heteroatoms. The van der Waals surface area contributed by atoms with E-state index in [-0.39, 0.29) is 24.0 Å². The quantitative estimate of drug-likeness (QED) is 0.356. The van der Waals surface area contributed by atoms with Gasteiger partial charge in [0.05, 0.1) is 4.92 Å². The molecule has 1 saturated heterocycles. The summed E-state index contributed by atoms with van der Waals surface area (Å²) < 4.78 is 28.0. The number of hydrogen-bond acceptors (Lipinski definition) is 4. The molecule has 0 amide bonds. The van der Waals surface area contributed by atoms with E-state index in [0.29, 0.717) is 31.0 Å². The van der Waals surface area contributed by atoms with E-state index in [1.54, 1.807) is 30.1 Å². The van der Waals surface area contributed by atoms with E-state index in [4.69, 9.17) is 0 Å². The average Bonchev–Trinajstić information content (AvgIpc) is 3.13. The lowest BCUT2D eigenvalue weighted by Crippen LogP contribution is -2.44. The van der Waals surface area contributed by atoms with Crippen LogP contribution >= 0.6 is 0 Å². The molecule has 7 nitrogen and oxygen atoms in total. The van der Waals surface area contributed by atoms with Gasteiger partial charge in [-0.2, -0.15) is 0 Å². The molecule has 0 saturated carbocycles. The van der Waals surface area contributed by atoms with Crippen molar-refractivity contribution in [3.05, 3.63) is 69.8 Å². The number of hydrogen-bond donors (Lipinski definition) is 2. The zero-order chi connectivity index (χ0) is 20.1. The molecular weight excluding hydrogens is 368 g/mol. The first kappa shape index (κ1) is 19.5. The minimum Gasteiger partial charge on any atom is -0.365 e. The van der Waals surface area contributed by atoms with Gasteiger partial charge in [0.25, 0.3) is 5.69 Å². The minimum atomic E-state index is -0.584. The first-order valence-corrected chi connectivity index (χ1v) is 8.88. The summed E-state index contributed by atoms with van der Waals surface area (Å²) in [5, 5.41) is 17.4. The van der Waals surface area contributed by atoms with E-state index in [1.807, 2.05) is 0 Å². The molecule has 148 valence electrons. The molecule has 0 aromatic heterocycles. The van der Waals surface area contributed by atoms with Crippen molar-refractivity contribution in [2.75, 3.05) is 25.0 Å². The van der Waals surface area contributed by atoms with E-state index in [0.717, 1.165) is 0 Å². The maximum atomic E-state index is 14.0. The van der Waals surface area contributed by atoms with Crippen LogP contribution in [0.3, 0.4) is 0 Å². The summed E-state index contributed by atoms with van der Waals surface area (Å²) in [7, 11) is 1.60. The van der Waals surface area contributed by atoms with Gasteiger partial charge in [-0.05, 0) is 18.6 Å². The van der Waals surface area contributed by atoms with Crippen molar-refractivity contribution in [2.45, 2.75) is 19.0 Å². The second-order valence-corrected chi connectivity index (χ2v) is 6.46. The van der Waals surface area contributed by atoms with E-state index in [9.17, 15) is 18.9 Å². The number of rotatable bonds is 5. The van der Waals surface area contributed by atoms with Crippen LogP contribution in [-0.4, -0.2) is 37.1 Å². The Balaban J connectivity index is 1.60. The molecule has 1 aliphatic rings. The highest BCUT2D eigenvalue weighted by Gasteiger charge is 2.27. The van der Waals surface area contributed by atoms with Crippen LogP contribution in [0.5, 0.6) is 0 Å². The molecule has 0 aliphatic carbocycles. The molecular formula is C19H21F2N5O2. The van der Waals surface area contributed by atoms with Crippen LogP contribution in [-0.2, 0) is 6.54 Å². The Morgan fingerprint density at radius 2 is 1.96 bits per heavy atom. The van der Waals surface area contributed by atoms with Crippen LogP contribution in [0.2, 0.25) is 0 Å². The molecule has 1 fully saturated rings. The lowest BCUT2D eigenvalue weighted by atomic mass is 10.2. The zero-order valence-electron chi connectivity index (χ0n) is 15.4. The van der Waals surface area contributed by atoms with Crippen molar-refractivity contribution in [1.29, 1.82) is 0 Å². The highest BCUT2D eigenvalue weighted by atomic mass is 19.1. The summed E-state index contributed by atoms with van der Waals surface area (Å²) in [5.41, 5.74) is 0.555. The number of guanidine groups is 1. The maximum absolute atomic E-state index is 14.0. The molecule has 2 N–H and O–H groups in total. The fourth-order valence-electron chi connectivity index (χ4n) is 3.28. The van der Waals surface area contributed by atoms with E-state index < -0.39 is 16.6 Å². The summed E-state index contributed by atoms with van der Waals surface area (Å²) in [4.78, 5) is 16.5. The summed E-state index contributed by atoms with van der Waals surface area (Å²) >= 11 is 0. The Morgan fingerprint density at radius 3 is 2.64 bits per heavy atom. The van der Waals surface area contributed by atoms with Crippen molar-refractivity contribution < 1.29 is 13.7 Å². The van der Waals surface area contributed by atoms with Gasteiger partial charge in [-0.3, -0.25) is 15.1 Å². The van der Waals surface area contributed by atoms with Crippen LogP contribution in [0.25, 0.3) is 0 Å². The van der Waals surface area contributed by atoms with E-state index in [2.05, 4.69) is 15.6 Å². The minimum absolute atomic E-state index is 0.0188. The monoisotopic (exact) mass is 389 g/mol. The van der Waals surface area contributed by atoms with Crippen LogP contribution in [0.4, 0.5) is 20.2 Å². The fraction of sp³-hybridized carbons (Fsp3) is 0.316. The molecule has 0 radical (unpaired) electrons. The first-order valence-electron chi connectivity index (χ1n) is 8.88. The van der Waals surface area contributed by atoms with Gasteiger partial charge in [0.1, 0.15) is 17.3 Å². The van der Waals surface area contributed by atoms with Gasteiger partial charge in [0.2, 0.25) is 0 Å².